The van der Waals surface area contributed by atoms with Crippen molar-refractivity contribution in [2.24, 2.45) is 0 Å². The molecule has 0 amide bonds. The van der Waals surface area contributed by atoms with Gasteiger partial charge in [0.05, 0.1) is 24.7 Å². The predicted molar refractivity (Wildman–Crippen MR) is 117 cm³/mol. The SMILES string of the molecule is CCCCCCCCOc1cnc(-c2ccc(C#C[Si](C)(C)C)cc2)cn1. The lowest BCUT2D eigenvalue weighted by molar-refractivity contribution is 0.292. The molecule has 0 aliphatic carbocycles. The Bertz CT molecular complexity index is 737. The molecule has 2 aromatic rings. The Morgan fingerprint density at radius 2 is 1.59 bits per heavy atom. The topological polar surface area (TPSA) is 35.0 Å². The Labute approximate surface area is 165 Å². The first kappa shape index (κ1) is 21.2. The molecule has 2 rings (SSSR count). The third-order valence-corrected chi connectivity index (χ3v) is 5.01. The van der Waals surface area contributed by atoms with Crippen LogP contribution in [0.15, 0.2) is 36.7 Å². The van der Waals surface area contributed by atoms with Gasteiger partial charge in [-0.15, -0.1) is 5.54 Å². The van der Waals surface area contributed by atoms with Crippen molar-refractivity contribution in [3.05, 3.63) is 42.2 Å². The molecule has 0 atom stereocenters. The molecule has 0 fully saturated rings. The molecule has 0 aliphatic rings. The Hall–Kier alpha value is -2.12. The molecule has 4 heteroatoms. The third kappa shape index (κ3) is 8.40. The fraction of sp³-hybridized carbons (Fsp3) is 0.478. The minimum atomic E-state index is -1.34. The molecule has 0 aliphatic heterocycles. The first-order valence-electron chi connectivity index (χ1n) is 10.1. The van der Waals surface area contributed by atoms with Crippen molar-refractivity contribution in [3.8, 4) is 28.6 Å². The number of nitrogens with zero attached hydrogens (tertiary/aromatic N) is 2. The molecular weight excluding hydrogens is 348 g/mol. The zero-order valence-electron chi connectivity index (χ0n) is 17.2. The van der Waals surface area contributed by atoms with E-state index < -0.39 is 8.07 Å². The Balaban J connectivity index is 1.83. The van der Waals surface area contributed by atoms with E-state index in [9.17, 15) is 0 Å². The van der Waals surface area contributed by atoms with E-state index in [-0.39, 0.29) is 0 Å². The molecule has 0 saturated carbocycles. The summed E-state index contributed by atoms with van der Waals surface area (Å²) in [5.41, 5.74) is 6.34. The van der Waals surface area contributed by atoms with Gasteiger partial charge in [0.2, 0.25) is 5.88 Å². The largest absolute Gasteiger partial charge is 0.477 e. The van der Waals surface area contributed by atoms with Crippen LogP contribution in [-0.4, -0.2) is 24.6 Å². The van der Waals surface area contributed by atoms with Crippen LogP contribution < -0.4 is 4.74 Å². The van der Waals surface area contributed by atoms with E-state index in [1.54, 1.807) is 12.4 Å². The molecule has 1 heterocycles. The van der Waals surface area contributed by atoms with E-state index in [4.69, 9.17) is 4.74 Å². The normalized spacial score (nSPS) is 11.0. The van der Waals surface area contributed by atoms with Crippen molar-refractivity contribution in [2.75, 3.05) is 6.61 Å². The lowest BCUT2D eigenvalue weighted by Crippen LogP contribution is -2.16. The van der Waals surface area contributed by atoms with Crippen molar-refractivity contribution in [3.63, 3.8) is 0 Å². The van der Waals surface area contributed by atoms with E-state index in [1.807, 2.05) is 12.1 Å². The molecule has 0 saturated heterocycles. The number of hydrogen-bond donors (Lipinski definition) is 0. The lowest BCUT2D eigenvalue weighted by atomic mass is 10.1. The zero-order valence-corrected chi connectivity index (χ0v) is 18.2. The summed E-state index contributed by atoms with van der Waals surface area (Å²) in [6, 6.07) is 8.20. The van der Waals surface area contributed by atoms with Crippen LogP contribution in [0.4, 0.5) is 0 Å². The molecule has 144 valence electrons. The van der Waals surface area contributed by atoms with Crippen LogP contribution in [0.1, 0.15) is 51.0 Å². The maximum absolute atomic E-state index is 5.70. The zero-order chi connectivity index (χ0) is 19.5. The smallest absolute Gasteiger partial charge is 0.232 e. The van der Waals surface area contributed by atoms with Crippen LogP contribution >= 0.6 is 0 Å². The van der Waals surface area contributed by atoms with Crippen molar-refractivity contribution >= 4 is 8.07 Å². The van der Waals surface area contributed by atoms with Gasteiger partial charge in [-0.05, 0) is 18.6 Å². The summed E-state index contributed by atoms with van der Waals surface area (Å²) in [4.78, 5) is 8.87. The van der Waals surface area contributed by atoms with Crippen molar-refractivity contribution in [1.82, 2.24) is 9.97 Å². The highest BCUT2D eigenvalue weighted by Crippen LogP contribution is 2.18. The summed E-state index contributed by atoms with van der Waals surface area (Å²) in [6.45, 7) is 9.70. The van der Waals surface area contributed by atoms with Crippen LogP contribution in [0.3, 0.4) is 0 Å². The summed E-state index contributed by atoms with van der Waals surface area (Å²) >= 11 is 0. The average molecular weight is 381 g/mol. The number of unbranched alkanes of at least 4 members (excludes halogenated alkanes) is 5. The Morgan fingerprint density at radius 3 is 2.22 bits per heavy atom. The fourth-order valence-electron chi connectivity index (χ4n) is 2.58. The molecule has 0 spiro atoms. The fourth-order valence-corrected chi connectivity index (χ4v) is 3.10. The van der Waals surface area contributed by atoms with Gasteiger partial charge in [-0.25, -0.2) is 9.97 Å². The van der Waals surface area contributed by atoms with Gasteiger partial charge in [-0.2, -0.15) is 0 Å². The molecule has 1 aromatic carbocycles. The van der Waals surface area contributed by atoms with Crippen LogP contribution in [0, 0.1) is 11.5 Å². The Morgan fingerprint density at radius 1 is 0.889 bits per heavy atom. The highest BCUT2D eigenvalue weighted by atomic mass is 28.3. The van der Waals surface area contributed by atoms with Crippen LogP contribution in [0.5, 0.6) is 5.88 Å². The second-order valence-corrected chi connectivity index (χ2v) is 12.7. The highest BCUT2D eigenvalue weighted by Gasteiger charge is 2.07. The number of ether oxygens (including phenoxy) is 1. The predicted octanol–water partition coefficient (Wildman–Crippen LogP) is 6.11. The molecule has 27 heavy (non-hydrogen) atoms. The minimum absolute atomic E-state index is 0.602. The quantitative estimate of drug-likeness (QED) is 0.299. The first-order chi connectivity index (χ1) is 13.0. The van der Waals surface area contributed by atoms with Crippen molar-refractivity contribution in [1.29, 1.82) is 0 Å². The molecule has 0 N–H and O–H groups in total. The maximum atomic E-state index is 5.70. The number of rotatable bonds is 9. The third-order valence-electron chi connectivity index (χ3n) is 4.14. The van der Waals surface area contributed by atoms with E-state index in [1.165, 1.54) is 32.1 Å². The van der Waals surface area contributed by atoms with Gasteiger partial charge in [0.15, 0.2) is 0 Å². The van der Waals surface area contributed by atoms with Crippen LogP contribution in [0.2, 0.25) is 19.6 Å². The summed E-state index contributed by atoms with van der Waals surface area (Å²) < 4.78 is 5.70. The summed E-state index contributed by atoms with van der Waals surface area (Å²) in [7, 11) is -1.34. The summed E-state index contributed by atoms with van der Waals surface area (Å²) in [5.74, 6) is 3.87. The van der Waals surface area contributed by atoms with E-state index >= 15 is 0 Å². The van der Waals surface area contributed by atoms with Gasteiger partial charge in [-0.3, -0.25) is 0 Å². The van der Waals surface area contributed by atoms with Crippen LogP contribution in [-0.2, 0) is 0 Å². The molecule has 0 bridgehead atoms. The molecule has 1 aromatic heterocycles. The van der Waals surface area contributed by atoms with Crippen molar-refractivity contribution in [2.45, 2.75) is 65.1 Å². The van der Waals surface area contributed by atoms with Gasteiger partial charge in [0.25, 0.3) is 0 Å². The number of benzene rings is 1. The Kier molecular flexibility index (Phi) is 8.54. The van der Waals surface area contributed by atoms with Gasteiger partial charge < -0.3 is 4.74 Å². The molecule has 0 radical (unpaired) electrons. The monoisotopic (exact) mass is 380 g/mol. The van der Waals surface area contributed by atoms with E-state index in [0.717, 1.165) is 23.2 Å². The highest BCUT2D eigenvalue weighted by molar-refractivity contribution is 6.83. The van der Waals surface area contributed by atoms with Crippen LogP contribution in [0.25, 0.3) is 11.3 Å². The van der Waals surface area contributed by atoms with Gasteiger partial charge in [-0.1, -0.05) is 76.7 Å². The van der Waals surface area contributed by atoms with Gasteiger partial charge >= 0.3 is 0 Å². The number of aromatic nitrogens is 2. The lowest BCUT2D eigenvalue weighted by Gasteiger charge is -2.06. The minimum Gasteiger partial charge on any atom is -0.477 e. The molecule has 3 nitrogen and oxygen atoms in total. The van der Waals surface area contributed by atoms with E-state index in [2.05, 4.69) is 60.1 Å². The second kappa shape index (κ2) is 10.9. The van der Waals surface area contributed by atoms with Gasteiger partial charge in [0.1, 0.15) is 8.07 Å². The maximum Gasteiger partial charge on any atom is 0.232 e. The standard InChI is InChI=1S/C23H32N2OSi/c1-5-6-7-8-9-10-16-26-23-19-24-22(18-25-23)21-13-11-20(12-14-21)15-17-27(2,3)4/h11-14,18-19H,5-10,16H2,1-4H3. The summed E-state index contributed by atoms with van der Waals surface area (Å²) in [6.07, 6.45) is 11.0. The van der Waals surface area contributed by atoms with E-state index in [0.29, 0.717) is 12.5 Å². The van der Waals surface area contributed by atoms with Gasteiger partial charge in [0, 0.05) is 11.1 Å². The second-order valence-electron chi connectivity index (χ2n) is 7.93. The first-order valence-corrected chi connectivity index (χ1v) is 13.6. The van der Waals surface area contributed by atoms with Crippen molar-refractivity contribution < 1.29 is 4.74 Å². The average Bonchev–Trinajstić information content (AvgIpc) is 2.66. The number of hydrogen-bond acceptors (Lipinski definition) is 3. The molecule has 0 unspecified atom stereocenters. The molecular formula is C23H32N2OSi. The summed E-state index contributed by atoms with van der Waals surface area (Å²) in [5, 5.41) is 0.